The molecule has 3 N–H and O–H groups in total. The van der Waals surface area contributed by atoms with Gasteiger partial charge in [-0.05, 0) is 24.8 Å². The second-order valence-corrected chi connectivity index (χ2v) is 7.85. The van der Waals surface area contributed by atoms with Gasteiger partial charge in [0.1, 0.15) is 16.4 Å². The average Bonchev–Trinajstić information content (AvgIpc) is 3.28. The van der Waals surface area contributed by atoms with Gasteiger partial charge >= 0.3 is 6.36 Å². The molecule has 5 nitrogen and oxygen atoms in total. The topological polar surface area (TPSA) is 73.3 Å². The molecule has 3 rings (SSSR count). The quantitative estimate of drug-likeness (QED) is 0.353. The molecule has 0 saturated carbocycles. The summed E-state index contributed by atoms with van der Waals surface area (Å²) in [5, 5.41) is 5.54. The summed E-state index contributed by atoms with van der Waals surface area (Å²) in [4.78, 5) is 5.47. The smallest absolute Gasteiger partial charge is 0.456 e. The molecule has 0 aliphatic rings. The zero-order valence-electron chi connectivity index (χ0n) is 16.0. The van der Waals surface area contributed by atoms with Crippen LogP contribution in [-0.2, 0) is 17.7 Å². The van der Waals surface area contributed by atoms with Gasteiger partial charge in [-0.25, -0.2) is 4.98 Å². The van der Waals surface area contributed by atoms with E-state index in [1.54, 1.807) is 24.3 Å². The third-order valence-electron chi connectivity index (χ3n) is 4.17. The molecule has 0 bridgehead atoms. The molecule has 0 aliphatic heterocycles. The third-order valence-corrected chi connectivity index (χ3v) is 5.24. The van der Waals surface area contributed by atoms with Crippen LogP contribution < -0.4 is 11.1 Å². The van der Waals surface area contributed by atoms with Gasteiger partial charge < -0.3 is 15.5 Å². The standard InChI is InChI=1S/C20H19ClF3N3O2S/c1-2-4-14-16(9-12(25)6-7-28-20(22,23)24)29-19-15(10-17(21)27-18(14)19)26-11-13-5-3-8-30-13/h3,5,8,10,12H,6-7,9,11,25H2,1H3,(H,26,27)/t12-/m0/s1. The highest BCUT2D eigenvalue weighted by Crippen LogP contribution is 2.33. The summed E-state index contributed by atoms with van der Waals surface area (Å²) in [6.07, 6.45) is -4.49. The number of hydrogen-bond acceptors (Lipinski definition) is 6. The van der Waals surface area contributed by atoms with Gasteiger partial charge in [0.05, 0.1) is 17.9 Å². The molecule has 3 heterocycles. The van der Waals surface area contributed by atoms with Gasteiger partial charge in [0, 0.05) is 30.0 Å². The van der Waals surface area contributed by atoms with Crippen molar-refractivity contribution in [2.75, 3.05) is 11.9 Å². The summed E-state index contributed by atoms with van der Waals surface area (Å²) in [5.74, 6) is 6.21. The Morgan fingerprint density at radius 3 is 2.90 bits per heavy atom. The van der Waals surface area contributed by atoms with E-state index in [2.05, 4.69) is 26.9 Å². The number of ether oxygens (including phenoxy) is 1. The summed E-state index contributed by atoms with van der Waals surface area (Å²) in [6, 6.07) is 5.01. The minimum absolute atomic E-state index is 0.00716. The lowest BCUT2D eigenvalue weighted by Crippen LogP contribution is -2.26. The third kappa shape index (κ3) is 5.89. The Morgan fingerprint density at radius 1 is 1.43 bits per heavy atom. The number of nitrogens with one attached hydrogen (secondary N) is 1. The number of thiophene rings is 1. The Balaban J connectivity index is 1.85. The summed E-state index contributed by atoms with van der Waals surface area (Å²) in [7, 11) is 0. The summed E-state index contributed by atoms with van der Waals surface area (Å²) in [5.41, 5.74) is 8.14. The Kier molecular flexibility index (Phi) is 7.26. The molecule has 3 aromatic rings. The number of fused-ring (bicyclic) bond motifs is 1. The van der Waals surface area contributed by atoms with Crippen LogP contribution in [0.2, 0.25) is 5.15 Å². The lowest BCUT2D eigenvalue weighted by molar-refractivity contribution is -0.324. The van der Waals surface area contributed by atoms with E-state index in [0.717, 1.165) is 4.88 Å². The molecule has 0 aromatic carbocycles. The fourth-order valence-electron chi connectivity index (χ4n) is 2.87. The number of anilines is 1. The van der Waals surface area contributed by atoms with Crippen LogP contribution in [0.4, 0.5) is 18.9 Å². The van der Waals surface area contributed by atoms with E-state index in [1.807, 2.05) is 17.5 Å². The van der Waals surface area contributed by atoms with E-state index in [4.69, 9.17) is 21.8 Å². The van der Waals surface area contributed by atoms with Gasteiger partial charge in [-0.15, -0.1) is 30.4 Å². The SMILES string of the molecule is CC#Cc1c(C[C@@H](N)CCOC(F)(F)F)oc2c(NCc3cccs3)cc(Cl)nc12. The van der Waals surface area contributed by atoms with Crippen molar-refractivity contribution in [2.45, 2.75) is 38.7 Å². The van der Waals surface area contributed by atoms with Crippen LogP contribution in [0, 0.1) is 11.8 Å². The van der Waals surface area contributed by atoms with Crippen molar-refractivity contribution >= 4 is 39.7 Å². The molecule has 0 amide bonds. The molecule has 0 radical (unpaired) electrons. The average molecular weight is 458 g/mol. The lowest BCUT2D eigenvalue weighted by Gasteiger charge is -2.12. The van der Waals surface area contributed by atoms with Crippen LogP contribution >= 0.6 is 22.9 Å². The van der Waals surface area contributed by atoms with Gasteiger partial charge in [0.2, 0.25) is 0 Å². The molecule has 3 aromatic heterocycles. The molecule has 0 spiro atoms. The predicted octanol–water partition coefficient (Wildman–Crippen LogP) is 5.32. The highest BCUT2D eigenvalue weighted by atomic mass is 35.5. The van der Waals surface area contributed by atoms with Crippen LogP contribution in [0.5, 0.6) is 0 Å². The number of alkyl halides is 3. The van der Waals surface area contributed by atoms with Gasteiger partial charge in [-0.3, -0.25) is 4.74 Å². The zero-order valence-corrected chi connectivity index (χ0v) is 17.5. The Hall–Kier alpha value is -2.25. The van der Waals surface area contributed by atoms with Crippen molar-refractivity contribution in [2.24, 2.45) is 5.73 Å². The highest BCUT2D eigenvalue weighted by molar-refractivity contribution is 7.09. The van der Waals surface area contributed by atoms with Gasteiger partial charge in [-0.2, -0.15) is 0 Å². The number of halogens is 4. The summed E-state index contributed by atoms with van der Waals surface area (Å²) < 4.78 is 46.3. The van der Waals surface area contributed by atoms with Gasteiger partial charge in [0.15, 0.2) is 5.58 Å². The van der Waals surface area contributed by atoms with Crippen molar-refractivity contribution in [3.8, 4) is 11.8 Å². The largest absolute Gasteiger partial charge is 0.522 e. The number of rotatable bonds is 8. The van der Waals surface area contributed by atoms with E-state index in [0.29, 0.717) is 34.7 Å². The molecular weight excluding hydrogens is 439 g/mol. The minimum atomic E-state index is -4.68. The second kappa shape index (κ2) is 9.71. The fraction of sp³-hybridized carbons (Fsp3) is 0.350. The second-order valence-electron chi connectivity index (χ2n) is 6.43. The van der Waals surface area contributed by atoms with Crippen LogP contribution in [-0.4, -0.2) is 24.0 Å². The Morgan fingerprint density at radius 2 is 2.23 bits per heavy atom. The number of hydrogen-bond donors (Lipinski definition) is 2. The number of pyridine rings is 1. The molecule has 0 saturated heterocycles. The highest BCUT2D eigenvalue weighted by Gasteiger charge is 2.29. The number of nitrogens with two attached hydrogens (primary N) is 1. The Bertz CT molecular complexity index is 1060. The molecule has 10 heteroatoms. The molecular formula is C20H19ClF3N3O2S. The number of aromatic nitrogens is 1. The fourth-order valence-corrected chi connectivity index (χ4v) is 3.71. The van der Waals surface area contributed by atoms with Crippen LogP contribution in [0.25, 0.3) is 11.1 Å². The van der Waals surface area contributed by atoms with Crippen molar-refractivity contribution in [1.82, 2.24) is 4.98 Å². The summed E-state index contributed by atoms with van der Waals surface area (Å²) >= 11 is 7.81. The molecule has 0 fully saturated rings. The van der Waals surface area contributed by atoms with Crippen LogP contribution in [0.15, 0.2) is 28.0 Å². The molecule has 0 unspecified atom stereocenters. The predicted molar refractivity (Wildman–Crippen MR) is 112 cm³/mol. The monoisotopic (exact) mass is 457 g/mol. The minimum Gasteiger partial charge on any atom is -0.456 e. The molecule has 0 aliphatic carbocycles. The lowest BCUT2D eigenvalue weighted by atomic mass is 10.1. The maximum absolute atomic E-state index is 12.2. The van der Waals surface area contributed by atoms with Crippen molar-refractivity contribution in [3.05, 3.63) is 44.9 Å². The first-order chi connectivity index (χ1) is 14.3. The molecule has 1 atom stereocenters. The van der Waals surface area contributed by atoms with Crippen molar-refractivity contribution < 1.29 is 22.3 Å². The first-order valence-corrected chi connectivity index (χ1v) is 10.3. The van der Waals surface area contributed by atoms with E-state index >= 15 is 0 Å². The van der Waals surface area contributed by atoms with E-state index < -0.39 is 19.0 Å². The number of furan rings is 1. The van der Waals surface area contributed by atoms with Gasteiger partial charge in [-0.1, -0.05) is 23.6 Å². The molecule has 30 heavy (non-hydrogen) atoms. The van der Waals surface area contributed by atoms with Crippen molar-refractivity contribution in [1.29, 1.82) is 0 Å². The van der Waals surface area contributed by atoms with Crippen LogP contribution in [0.3, 0.4) is 0 Å². The maximum atomic E-state index is 12.2. The zero-order chi connectivity index (χ0) is 21.7. The number of nitrogens with zero attached hydrogens (tertiary/aromatic N) is 1. The first-order valence-electron chi connectivity index (χ1n) is 9.04. The van der Waals surface area contributed by atoms with Gasteiger partial charge in [0.25, 0.3) is 0 Å². The van der Waals surface area contributed by atoms with E-state index in [1.165, 1.54) is 0 Å². The molecule has 160 valence electrons. The Labute approximate surface area is 180 Å². The first kappa shape index (κ1) is 22.4. The van der Waals surface area contributed by atoms with E-state index in [-0.39, 0.29) is 18.0 Å². The normalized spacial score (nSPS) is 12.6. The van der Waals surface area contributed by atoms with Crippen molar-refractivity contribution in [3.63, 3.8) is 0 Å². The van der Waals surface area contributed by atoms with E-state index in [9.17, 15) is 13.2 Å². The summed E-state index contributed by atoms with van der Waals surface area (Å²) in [6.45, 7) is 1.71. The van der Waals surface area contributed by atoms with Crippen LogP contribution in [0.1, 0.15) is 29.5 Å². The maximum Gasteiger partial charge on any atom is 0.522 e.